The predicted octanol–water partition coefficient (Wildman–Crippen LogP) is 3.08. The zero-order chi connectivity index (χ0) is 38.0. The normalized spacial score (nSPS) is 13.0. The fourth-order valence-electron chi connectivity index (χ4n) is 3.62. The standard InChI is InChI=1S/C22H24N6O18S5/c23-20-17(27-26-16-6-5-15(11-18(16)50(35,36)37)49(33,34)10-8-42-47-46-44-30)12-19(51(38,39)40)21(24)22(20)28-25-13-1-3-14(4-2-13)48(31,32)9-7-41-45-43-29/h1-6,11-12,29-30H,7-10,23-24H2,(H,35,36,37)(H,38,39,40). The number of anilines is 2. The van der Waals surface area contributed by atoms with E-state index in [0.717, 1.165) is 24.3 Å². The van der Waals surface area contributed by atoms with E-state index in [0.29, 0.717) is 12.1 Å². The first-order valence-electron chi connectivity index (χ1n) is 12.9. The fraction of sp³-hybridized carbons (Fsp3) is 0.182. The van der Waals surface area contributed by atoms with Crippen molar-refractivity contribution in [1.82, 2.24) is 0 Å². The molecule has 0 bridgehead atoms. The Labute approximate surface area is 292 Å². The molecular weight excluding hydrogens is 797 g/mol. The summed E-state index contributed by atoms with van der Waals surface area (Å²) >= 11 is 0.0959. The minimum Gasteiger partial charge on any atom is -0.396 e. The summed E-state index contributed by atoms with van der Waals surface area (Å²) in [4.78, 5) is 1.44. The number of rotatable bonds is 19. The van der Waals surface area contributed by atoms with Crippen molar-refractivity contribution in [2.75, 3.05) is 36.2 Å². The van der Waals surface area contributed by atoms with E-state index < -0.39 is 108 Å². The molecular formula is C22H24N6O18S5. The van der Waals surface area contributed by atoms with E-state index >= 15 is 0 Å². The molecule has 3 rings (SSSR count). The van der Waals surface area contributed by atoms with Crippen molar-refractivity contribution in [2.45, 2.75) is 19.6 Å². The van der Waals surface area contributed by atoms with Crippen molar-refractivity contribution in [3.63, 3.8) is 0 Å². The maximum Gasteiger partial charge on any atom is 0.296 e. The predicted molar refractivity (Wildman–Crippen MR) is 169 cm³/mol. The third-order valence-electron chi connectivity index (χ3n) is 5.95. The number of nitrogen functional groups attached to an aromatic ring is 2. The van der Waals surface area contributed by atoms with Crippen LogP contribution in [0.1, 0.15) is 0 Å². The molecule has 0 amide bonds. The topological polar surface area (TPSA) is 374 Å². The maximum absolute atomic E-state index is 12.6. The van der Waals surface area contributed by atoms with Gasteiger partial charge in [0.2, 0.25) is 0 Å². The first-order chi connectivity index (χ1) is 23.8. The SMILES string of the molecule is Nc1c(N=Nc2ccc(S(=O)(=O)CCOSOOO)cc2S(=O)(=O)O)cc(S(=O)(=O)O)c(N)c1N=Nc1ccc(S(=O)(=O)CCOOOO)cc1. The number of hydrogen-bond donors (Lipinski definition) is 6. The molecule has 8 N–H and O–H groups in total. The zero-order valence-corrected chi connectivity index (χ0v) is 29.0. The van der Waals surface area contributed by atoms with E-state index in [1.807, 2.05) is 0 Å². The molecule has 51 heavy (non-hydrogen) atoms. The van der Waals surface area contributed by atoms with Gasteiger partial charge in [0.05, 0.1) is 51.6 Å². The van der Waals surface area contributed by atoms with Gasteiger partial charge in [-0.25, -0.2) is 32.2 Å². The van der Waals surface area contributed by atoms with Gasteiger partial charge < -0.3 is 11.5 Å². The summed E-state index contributed by atoms with van der Waals surface area (Å²) in [7, 11) is -18.4. The molecule has 0 aliphatic carbocycles. The molecule has 3 aromatic rings. The number of benzene rings is 3. The highest BCUT2D eigenvalue weighted by atomic mass is 32.2. The van der Waals surface area contributed by atoms with E-state index in [9.17, 15) is 42.8 Å². The third-order valence-corrected chi connectivity index (χ3v) is 11.5. The lowest BCUT2D eigenvalue weighted by Gasteiger charge is -2.11. The summed E-state index contributed by atoms with van der Waals surface area (Å²) in [5.74, 6) is -1.30. The van der Waals surface area contributed by atoms with Crippen molar-refractivity contribution in [3.05, 3.63) is 48.5 Å². The van der Waals surface area contributed by atoms with Gasteiger partial charge in [-0.2, -0.15) is 21.9 Å². The third kappa shape index (κ3) is 11.6. The quantitative estimate of drug-likeness (QED) is 0.0192. The van der Waals surface area contributed by atoms with Crippen molar-refractivity contribution in [2.24, 2.45) is 20.5 Å². The molecule has 24 nitrogen and oxygen atoms in total. The molecule has 0 aromatic heterocycles. The van der Waals surface area contributed by atoms with Gasteiger partial charge in [-0.1, -0.05) is 5.04 Å². The molecule has 0 heterocycles. The first-order valence-corrected chi connectivity index (χ1v) is 19.7. The Bertz CT molecular complexity index is 2220. The van der Waals surface area contributed by atoms with Crippen LogP contribution in [0.5, 0.6) is 0 Å². The average molecular weight is 821 g/mol. The van der Waals surface area contributed by atoms with E-state index in [-0.39, 0.29) is 22.9 Å². The fourth-order valence-corrected chi connectivity index (χ4v) is 7.49. The van der Waals surface area contributed by atoms with Gasteiger partial charge >= 0.3 is 0 Å². The van der Waals surface area contributed by atoms with Crippen molar-refractivity contribution < 1.29 is 81.8 Å². The van der Waals surface area contributed by atoms with Crippen LogP contribution in [-0.4, -0.2) is 78.0 Å². The Balaban J connectivity index is 1.99. The number of hydrogen-bond acceptors (Lipinski definition) is 23. The van der Waals surface area contributed by atoms with Gasteiger partial charge in [0.1, 0.15) is 26.9 Å². The van der Waals surface area contributed by atoms with E-state index in [1.165, 1.54) is 12.1 Å². The van der Waals surface area contributed by atoms with Crippen molar-refractivity contribution in [3.8, 4) is 0 Å². The average Bonchev–Trinajstić information content (AvgIpc) is 3.05. The lowest BCUT2D eigenvalue weighted by atomic mass is 10.2. The van der Waals surface area contributed by atoms with Gasteiger partial charge in [0.25, 0.3) is 20.2 Å². The molecule has 0 saturated carbocycles. The van der Waals surface area contributed by atoms with Gasteiger partial charge in [-0.15, -0.1) is 19.7 Å². The van der Waals surface area contributed by atoms with Crippen LogP contribution in [0.2, 0.25) is 0 Å². The molecule has 280 valence electrons. The number of sulfone groups is 2. The van der Waals surface area contributed by atoms with Gasteiger partial charge in [0.15, 0.2) is 32.0 Å². The second kappa shape index (κ2) is 17.6. The highest BCUT2D eigenvalue weighted by molar-refractivity contribution is 7.92. The van der Waals surface area contributed by atoms with Crippen LogP contribution < -0.4 is 11.5 Å². The molecule has 0 radical (unpaired) electrons. The number of nitrogens with two attached hydrogens (primary N) is 2. The summed E-state index contributed by atoms with van der Waals surface area (Å²) in [6.45, 7) is -1.03. The van der Waals surface area contributed by atoms with Crippen molar-refractivity contribution >= 4 is 86.4 Å². The highest BCUT2D eigenvalue weighted by Gasteiger charge is 2.25. The lowest BCUT2D eigenvalue weighted by Crippen LogP contribution is -2.12. The second-order valence-electron chi connectivity index (χ2n) is 9.18. The molecule has 0 spiro atoms. The smallest absolute Gasteiger partial charge is 0.296 e. The number of nitrogens with zero attached hydrogens (tertiary/aromatic N) is 4. The molecule has 0 atom stereocenters. The van der Waals surface area contributed by atoms with Crippen LogP contribution >= 0.6 is 12.3 Å². The second-order valence-corrected chi connectivity index (χ2v) is 16.7. The summed E-state index contributed by atoms with van der Waals surface area (Å²) in [5, 5.41) is 41.2. The molecule has 0 unspecified atom stereocenters. The van der Waals surface area contributed by atoms with E-state index in [4.69, 9.17) is 22.0 Å². The van der Waals surface area contributed by atoms with Crippen LogP contribution in [0.3, 0.4) is 0 Å². The largest absolute Gasteiger partial charge is 0.396 e. The molecule has 0 saturated heterocycles. The Kier molecular flexibility index (Phi) is 14.4. The minimum atomic E-state index is -5.17. The molecule has 0 aliphatic heterocycles. The molecule has 0 aliphatic rings. The minimum absolute atomic E-state index is 0.00730. The van der Waals surface area contributed by atoms with Crippen LogP contribution in [0, 0.1) is 0 Å². The number of azo groups is 2. The molecule has 3 aromatic carbocycles. The first kappa shape index (κ1) is 41.6. The summed E-state index contributed by atoms with van der Waals surface area (Å²) in [6, 6.07) is 7.60. The lowest BCUT2D eigenvalue weighted by molar-refractivity contribution is -0.622. The van der Waals surface area contributed by atoms with Crippen molar-refractivity contribution in [1.29, 1.82) is 0 Å². The van der Waals surface area contributed by atoms with Gasteiger partial charge in [-0.3, -0.25) is 13.3 Å². The van der Waals surface area contributed by atoms with Gasteiger partial charge in [-0.05, 0) is 58.6 Å². The van der Waals surface area contributed by atoms with Gasteiger partial charge in [0, 0.05) is 0 Å². The summed E-state index contributed by atoms with van der Waals surface area (Å²) in [6.07, 6.45) is 0. The van der Waals surface area contributed by atoms with Crippen LogP contribution in [0.4, 0.5) is 34.1 Å². The Morgan fingerprint density at radius 1 is 0.647 bits per heavy atom. The molecule has 29 heteroatoms. The van der Waals surface area contributed by atoms with E-state index in [1.54, 1.807) is 0 Å². The summed E-state index contributed by atoms with van der Waals surface area (Å²) < 4.78 is 127. The summed E-state index contributed by atoms with van der Waals surface area (Å²) in [5.41, 5.74) is 8.92. The van der Waals surface area contributed by atoms with Crippen LogP contribution in [0.15, 0.2) is 88.6 Å². The van der Waals surface area contributed by atoms with E-state index in [2.05, 4.69) is 49.0 Å². The maximum atomic E-state index is 12.6. The Morgan fingerprint density at radius 3 is 1.84 bits per heavy atom. The zero-order valence-electron chi connectivity index (χ0n) is 24.9. The monoisotopic (exact) mass is 820 g/mol. The Morgan fingerprint density at radius 2 is 1.24 bits per heavy atom. The van der Waals surface area contributed by atoms with Crippen LogP contribution in [0.25, 0.3) is 0 Å². The molecule has 0 fully saturated rings. The Hall–Kier alpha value is -3.79. The van der Waals surface area contributed by atoms with Crippen LogP contribution in [-0.2, 0) is 68.4 Å². The highest BCUT2D eigenvalue weighted by Crippen LogP contribution is 2.43.